The molecule has 0 saturated carbocycles. The van der Waals surface area contributed by atoms with E-state index >= 15 is 0 Å². The highest BCUT2D eigenvalue weighted by molar-refractivity contribution is 5.36. The second-order valence-electron chi connectivity index (χ2n) is 4.28. The van der Waals surface area contributed by atoms with Crippen LogP contribution in [-0.4, -0.2) is 5.54 Å². The number of hydrogen-bond donors (Lipinski definition) is 0. The van der Waals surface area contributed by atoms with Crippen LogP contribution in [0, 0.1) is 22.7 Å². The van der Waals surface area contributed by atoms with Crippen LogP contribution in [0.5, 0.6) is 0 Å². The highest BCUT2D eigenvalue weighted by Crippen LogP contribution is 2.20. The molecule has 4 heteroatoms. The Hall–Kier alpha value is -2.98. The minimum absolute atomic E-state index is 0.219. The lowest BCUT2D eigenvalue weighted by Gasteiger charge is -2.11. The van der Waals surface area contributed by atoms with Crippen LogP contribution in [0.3, 0.4) is 0 Å². The largest absolute Gasteiger partial charge is 0.256 e. The van der Waals surface area contributed by atoms with Gasteiger partial charge in [-0.2, -0.15) is 20.8 Å². The number of benzene rings is 2. The Morgan fingerprint density at radius 2 is 1.40 bits per heavy atom. The first kappa shape index (κ1) is 13.5. The van der Waals surface area contributed by atoms with Gasteiger partial charge in [0.2, 0.25) is 0 Å². The van der Waals surface area contributed by atoms with Gasteiger partial charge in [-0.15, -0.1) is 0 Å². The third kappa shape index (κ3) is 3.28. The molecule has 0 bridgehead atoms. The molecule has 0 N–H and O–H groups in total. The van der Waals surface area contributed by atoms with Crippen molar-refractivity contribution in [1.29, 1.82) is 10.5 Å². The van der Waals surface area contributed by atoms with E-state index in [1.165, 1.54) is 0 Å². The average Bonchev–Trinajstić information content (AvgIpc) is 2.53. The molecule has 20 heavy (non-hydrogen) atoms. The van der Waals surface area contributed by atoms with Gasteiger partial charge in [-0.1, -0.05) is 48.5 Å². The minimum Gasteiger partial charge on any atom is -0.194 e. The first-order chi connectivity index (χ1) is 9.78. The molecule has 0 aromatic heterocycles. The maximum absolute atomic E-state index is 9.29. The zero-order chi connectivity index (χ0) is 14.3. The van der Waals surface area contributed by atoms with Gasteiger partial charge in [0.1, 0.15) is 12.1 Å². The summed E-state index contributed by atoms with van der Waals surface area (Å²) in [6.07, 6.45) is 0.219. The van der Waals surface area contributed by atoms with Crippen LogP contribution in [0.4, 0.5) is 5.69 Å². The van der Waals surface area contributed by atoms with Gasteiger partial charge in [0, 0.05) is 6.42 Å². The lowest BCUT2D eigenvalue weighted by molar-refractivity contribution is 0.645. The van der Waals surface area contributed by atoms with Gasteiger partial charge in [-0.05, 0) is 17.7 Å². The zero-order valence-electron chi connectivity index (χ0n) is 10.8. The van der Waals surface area contributed by atoms with Crippen molar-refractivity contribution in [2.75, 3.05) is 0 Å². The molecule has 2 rings (SSSR count). The van der Waals surface area contributed by atoms with Crippen molar-refractivity contribution in [1.82, 2.24) is 0 Å². The van der Waals surface area contributed by atoms with Crippen LogP contribution in [0.25, 0.3) is 0 Å². The summed E-state index contributed by atoms with van der Waals surface area (Å²) in [5.74, 6) is 0. The van der Waals surface area contributed by atoms with Gasteiger partial charge in [-0.25, -0.2) is 0 Å². The first-order valence-corrected chi connectivity index (χ1v) is 6.12. The van der Waals surface area contributed by atoms with Crippen molar-refractivity contribution in [3.05, 3.63) is 66.2 Å². The van der Waals surface area contributed by atoms with Gasteiger partial charge in [0.05, 0.1) is 5.69 Å². The molecule has 4 nitrogen and oxygen atoms in total. The van der Waals surface area contributed by atoms with E-state index in [1.807, 2.05) is 60.7 Å². The summed E-state index contributed by atoms with van der Waals surface area (Å²) in [6.45, 7) is 0. The summed E-state index contributed by atoms with van der Waals surface area (Å²) in [6, 6.07) is 22.3. The monoisotopic (exact) mass is 260 g/mol. The first-order valence-electron chi connectivity index (χ1n) is 6.12. The average molecular weight is 260 g/mol. The number of nitrogens with zero attached hydrogens (tertiary/aromatic N) is 4. The molecule has 0 aliphatic carbocycles. The molecule has 0 heterocycles. The molecule has 0 saturated heterocycles. The molecule has 96 valence electrons. The molecule has 0 aliphatic heterocycles. The second-order valence-corrected chi connectivity index (χ2v) is 4.28. The molecule has 0 amide bonds. The summed E-state index contributed by atoms with van der Waals surface area (Å²) >= 11 is 0. The normalized spacial score (nSPS) is 10.9. The maximum Gasteiger partial charge on any atom is 0.256 e. The van der Waals surface area contributed by atoms with Crippen LogP contribution < -0.4 is 0 Å². The Morgan fingerprint density at radius 3 is 1.95 bits per heavy atom. The maximum atomic E-state index is 9.29. The Kier molecular flexibility index (Phi) is 4.21. The Labute approximate surface area is 117 Å². The molecule has 2 aromatic carbocycles. The molecule has 0 radical (unpaired) electrons. The highest BCUT2D eigenvalue weighted by Gasteiger charge is 2.30. The predicted molar refractivity (Wildman–Crippen MR) is 75.1 cm³/mol. The molecular formula is C16H12N4. The summed E-state index contributed by atoms with van der Waals surface area (Å²) in [5, 5.41) is 26.5. The third-order valence-electron chi connectivity index (χ3n) is 2.77. The van der Waals surface area contributed by atoms with Crippen molar-refractivity contribution < 1.29 is 0 Å². The molecule has 0 aliphatic rings. The minimum atomic E-state index is -1.49. The Balaban J connectivity index is 2.25. The van der Waals surface area contributed by atoms with E-state index in [2.05, 4.69) is 10.2 Å². The van der Waals surface area contributed by atoms with Gasteiger partial charge < -0.3 is 0 Å². The highest BCUT2D eigenvalue weighted by atomic mass is 15.1. The SMILES string of the molecule is N#CC(C#N)(Cc1ccccc1)N=Nc1ccccc1. The molecule has 0 spiro atoms. The van der Waals surface area contributed by atoms with E-state index < -0.39 is 5.54 Å². The van der Waals surface area contributed by atoms with E-state index in [-0.39, 0.29) is 6.42 Å². The topological polar surface area (TPSA) is 72.3 Å². The molecule has 2 aromatic rings. The fourth-order valence-corrected chi connectivity index (χ4v) is 1.71. The number of nitriles is 2. The van der Waals surface area contributed by atoms with Gasteiger partial charge in [0.25, 0.3) is 5.54 Å². The van der Waals surface area contributed by atoms with Crippen LogP contribution in [0.2, 0.25) is 0 Å². The molecule has 0 fully saturated rings. The predicted octanol–water partition coefficient (Wildman–Crippen LogP) is 3.80. The number of hydrogen-bond acceptors (Lipinski definition) is 4. The van der Waals surface area contributed by atoms with Crippen LogP contribution in [0.15, 0.2) is 70.9 Å². The van der Waals surface area contributed by atoms with E-state index in [4.69, 9.17) is 0 Å². The summed E-state index contributed by atoms with van der Waals surface area (Å²) in [4.78, 5) is 0. The van der Waals surface area contributed by atoms with Crippen LogP contribution in [0.1, 0.15) is 5.56 Å². The summed E-state index contributed by atoms with van der Waals surface area (Å²) in [5.41, 5.74) is 0.00930. The van der Waals surface area contributed by atoms with E-state index in [1.54, 1.807) is 12.1 Å². The van der Waals surface area contributed by atoms with Crippen molar-refractivity contribution >= 4 is 5.69 Å². The van der Waals surface area contributed by atoms with Crippen molar-refractivity contribution in [2.45, 2.75) is 12.0 Å². The third-order valence-corrected chi connectivity index (χ3v) is 2.77. The quantitative estimate of drug-likeness (QED) is 0.784. The zero-order valence-corrected chi connectivity index (χ0v) is 10.8. The fourth-order valence-electron chi connectivity index (χ4n) is 1.71. The number of azo groups is 1. The van der Waals surface area contributed by atoms with Crippen molar-refractivity contribution in [3.63, 3.8) is 0 Å². The van der Waals surface area contributed by atoms with E-state index in [0.717, 1.165) is 5.56 Å². The van der Waals surface area contributed by atoms with Gasteiger partial charge >= 0.3 is 0 Å². The lowest BCUT2D eigenvalue weighted by Crippen LogP contribution is -2.24. The smallest absolute Gasteiger partial charge is 0.194 e. The standard InChI is InChI=1S/C16H12N4/c17-12-16(13-18,11-14-7-3-1-4-8-14)20-19-15-9-5-2-6-10-15/h1-10H,11H2. The van der Waals surface area contributed by atoms with Gasteiger partial charge in [-0.3, -0.25) is 0 Å². The molecule has 0 unspecified atom stereocenters. The van der Waals surface area contributed by atoms with Crippen molar-refractivity contribution in [2.24, 2.45) is 10.2 Å². The Bertz CT molecular complexity index is 649. The molecule has 0 atom stereocenters. The van der Waals surface area contributed by atoms with Crippen LogP contribution >= 0.6 is 0 Å². The van der Waals surface area contributed by atoms with E-state index in [9.17, 15) is 10.5 Å². The second kappa shape index (κ2) is 6.26. The van der Waals surface area contributed by atoms with Gasteiger partial charge in [0.15, 0.2) is 0 Å². The van der Waals surface area contributed by atoms with Crippen LogP contribution in [-0.2, 0) is 6.42 Å². The Morgan fingerprint density at radius 1 is 0.850 bits per heavy atom. The summed E-state index contributed by atoms with van der Waals surface area (Å²) in [7, 11) is 0. The summed E-state index contributed by atoms with van der Waals surface area (Å²) < 4.78 is 0. The number of rotatable bonds is 4. The van der Waals surface area contributed by atoms with Crippen molar-refractivity contribution in [3.8, 4) is 12.1 Å². The fraction of sp³-hybridized carbons (Fsp3) is 0.125. The molecular weight excluding hydrogens is 248 g/mol. The van der Waals surface area contributed by atoms with E-state index in [0.29, 0.717) is 5.69 Å². The lowest BCUT2D eigenvalue weighted by atomic mass is 9.95.